The maximum absolute atomic E-state index is 11.3. The highest BCUT2D eigenvalue weighted by Gasteiger charge is 2.26. The Balaban J connectivity index is 2.10. The summed E-state index contributed by atoms with van der Waals surface area (Å²) in [5.74, 6) is -0.558. The Labute approximate surface area is 87.4 Å². The van der Waals surface area contributed by atoms with E-state index in [1.54, 1.807) is 7.11 Å². The molecule has 86 valence electrons. The fraction of sp³-hybridized carbons (Fsp3) is 0.750. The van der Waals surface area contributed by atoms with Gasteiger partial charge in [-0.1, -0.05) is 0 Å². The first kappa shape index (κ1) is 11.9. The largest absolute Gasteiger partial charge is 0.383 e. The van der Waals surface area contributed by atoms with Gasteiger partial charge in [-0.3, -0.25) is 14.4 Å². The summed E-state index contributed by atoms with van der Waals surface area (Å²) < 4.78 is 4.80. The van der Waals surface area contributed by atoms with Crippen LogP contribution in [0.5, 0.6) is 0 Å². The van der Waals surface area contributed by atoms with Crippen LogP contribution in [0.25, 0.3) is 0 Å². The number of methoxy groups -OCH3 is 1. The lowest BCUT2D eigenvalue weighted by molar-refractivity contribution is -0.128. The third-order valence-electron chi connectivity index (χ3n) is 1.84. The summed E-state index contributed by atoms with van der Waals surface area (Å²) in [7, 11) is 1.59. The minimum atomic E-state index is -0.582. The molecule has 0 aromatic rings. The van der Waals surface area contributed by atoms with E-state index in [2.05, 4.69) is 21.0 Å². The number of nitrogens with one attached hydrogen (secondary N) is 3. The molecule has 1 fully saturated rings. The van der Waals surface area contributed by atoms with E-state index >= 15 is 0 Å². The summed E-state index contributed by atoms with van der Waals surface area (Å²) in [6.07, 6.45) is 0. The number of amides is 2. The van der Waals surface area contributed by atoms with E-state index in [4.69, 9.17) is 4.74 Å². The highest BCUT2D eigenvalue weighted by molar-refractivity contribution is 5.88. The highest BCUT2D eigenvalue weighted by Crippen LogP contribution is 1.93. The molecule has 1 aliphatic heterocycles. The van der Waals surface area contributed by atoms with E-state index in [0.717, 1.165) is 0 Å². The fourth-order valence-electron chi connectivity index (χ4n) is 1.07. The average Bonchev–Trinajstić information content (AvgIpc) is 2.59. The molecule has 0 unspecified atom stereocenters. The lowest BCUT2D eigenvalue weighted by Crippen LogP contribution is -2.45. The molecule has 1 atom stereocenters. The number of hydroxylamine groups is 1. The maximum atomic E-state index is 11.3. The Hall–Kier alpha value is -1.18. The van der Waals surface area contributed by atoms with Crippen LogP contribution in [-0.2, 0) is 19.2 Å². The van der Waals surface area contributed by atoms with Gasteiger partial charge in [-0.25, -0.2) is 5.48 Å². The van der Waals surface area contributed by atoms with Gasteiger partial charge in [0.05, 0.1) is 13.2 Å². The molecule has 1 rings (SSSR count). The van der Waals surface area contributed by atoms with Crippen LogP contribution in [0.15, 0.2) is 0 Å². The monoisotopic (exact) mass is 217 g/mol. The summed E-state index contributed by atoms with van der Waals surface area (Å²) in [5, 5.41) is 5.39. The second-order valence-corrected chi connectivity index (χ2v) is 3.07. The third-order valence-corrected chi connectivity index (χ3v) is 1.84. The Morgan fingerprint density at radius 2 is 2.53 bits per heavy atom. The lowest BCUT2D eigenvalue weighted by Gasteiger charge is -2.08. The minimum Gasteiger partial charge on any atom is -0.383 e. The van der Waals surface area contributed by atoms with Crippen molar-refractivity contribution in [2.24, 2.45) is 0 Å². The highest BCUT2D eigenvalue weighted by atomic mass is 16.7. The van der Waals surface area contributed by atoms with Crippen LogP contribution in [-0.4, -0.2) is 51.3 Å². The zero-order chi connectivity index (χ0) is 11.1. The Morgan fingerprint density at radius 3 is 3.13 bits per heavy atom. The molecule has 7 nitrogen and oxygen atoms in total. The van der Waals surface area contributed by atoms with Crippen LogP contribution in [0, 0.1) is 0 Å². The van der Waals surface area contributed by atoms with Crippen molar-refractivity contribution < 1.29 is 19.2 Å². The van der Waals surface area contributed by atoms with Crippen molar-refractivity contribution in [1.29, 1.82) is 0 Å². The predicted molar refractivity (Wildman–Crippen MR) is 50.8 cm³/mol. The number of rotatable bonds is 6. The summed E-state index contributed by atoms with van der Waals surface area (Å²) in [6.45, 7) is 1.47. The Morgan fingerprint density at radius 1 is 1.73 bits per heavy atom. The zero-order valence-electron chi connectivity index (χ0n) is 8.54. The molecule has 0 aliphatic carbocycles. The van der Waals surface area contributed by atoms with E-state index in [1.807, 2.05) is 0 Å². The fourth-order valence-corrected chi connectivity index (χ4v) is 1.07. The second-order valence-electron chi connectivity index (χ2n) is 3.07. The number of carbonyl (C=O) groups excluding carboxylic acids is 2. The van der Waals surface area contributed by atoms with Gasteiger partial charge in [0.15, 0.2) is 0 Å². The van der Waals surface area contributed by atoms with Gasteiger partial charge >= 0.3 is 0 Å². The quantitative estimate of drug-likeness (QED) is 0.438. The second kappa shape index (κ2) is 6.33. The molecule has 1 aliphatic rings. The maximum Gasteiger partial charge on any atom is 0.268 e. The first-order valence-corrected chi connectivity index (χ1v) is 4.64. The van der Waals surface area contributed by atoms with Crippen molar-refractivity contribution in [2.75, 3.05) is 33.4 Å². The topological polar surface area (TPSA) is 88.7 Å². The number of carbonyl (C=O) groups is 2. The Kier molecular flexibility index (Phi) is 5.02. The molecule has 7 heteroatoms. The van der Waals surface area contributed by atoms with Gasteiger partial charge < -0.3 is 15.4 Å². The van der Waals surface area contributed by atoms with Crippen LogP contribution in [0.3, 0.4) is 0 Å². The minimum absolute atomic E-state index is 0.160. The van der Waals surface area contributed by atoms with Gasteiger partial charge in [0.2, 0.25) is 5.91 Å². The van der Waals surface area contributed by atoms with Gasteiger partial charge in [-0.05, 0) is 0 Å². The van der Waals surface area contributed by atoms with E-state index in [1.165, 1.54) is 0 Å². The first-order chi connectivity index (χ1) is 7.24. The molecule has 0 radical (unpaired) electrons. The average molecular weight is 217 g/mol. The molecule has 15 heavy (non-hydrogen) atoms. The van der Waals surface area contributed by atoms with Crippen molar-refractivity contribution in [2.45, 2.75) is 6.04 Å². The van der Waals surface area contributed by atoms with Crippen molar-refractivity contribution in [3.8, 4) is 0 Å². The van der Waals surface area contributed by atoms with Crippen LogP contribution in [0.4, 0.5) is 0 Å². The van der Waals surface area contributed by atoms with Gasteiger partial charge in [-0.15, -0.1) is 0 Å². The van der Waals surface area contributed by atoms with Crippen molar-refractivity contribution >= 4 is 11.8 Å². The van der Waals surface area contributed by atoms with Crippen LogP contribution in [0.1, 0.15) is 0 Å². The smallest absolute Gasteiger partial charge is 0.268 e. The molecular weight excluding hydrogens is 202 g/mol. The van der Waals surface area contributed by atoms with Crippen LogP contribution in [0.2, 0.25) is 0 Å². The number of hydrogen-bond donors (Lipinski definition) is 3. The number of ether oxygens (including phenoxy) is 1. The summed E-state index contributed by atoms with van der Waals surface area (Å²) >= 11 is 0. The molecule has 0 aromatic heterocycles. The molecular formula is C8H15N3O4. The van der Waals surface area contributed by atoms with E-state index in [-0.39, 0.29) is 25.0 Å². The SMILES string of the molecule is COCCNCC(=O)N[C@@H]1CONC1=O. The van der Waals surface area contributed by atoms with Crippen molar-refractivity contribution in [1.82, 2.24) is 16.1 Å². The van der Waals surface area contributed by atoms with Crippen LogP contribution < -0.4 is 16.1 Å². The predicted octanol–water partition coefficient (Wildman–Crippen LogP) is -2.23. The van der Waals surface area contributed by atoms with Crippen molar-refractivity contribution in [3.05, 3.63) is 0 Å². The molecule has 0 spiro atoms. The Bertz CT molecular complexity index is 234. The zero-order valence-corrected chi connectivity index (χ0v) is 8.54. The van der Waals surface area contributed by atoms with E-state index in [0.29, 0.717) is 13.2 Å². The molecule has 1 heterocycles. The van der Waals surface area contributed by atoms with Gasteiger partial charge in [-0.2, -0.15) is 0 Å². The molecule has 0 aromatic carbocycles. The van der Waals surface area contributed by atoms with Gasteiger partial charge in [0, 0.05) is 13.7 Å². The van der Waals surface area contributed by atoms with Crippen LogP contribution >= 0.6 is 0 Å². The molecule has 1 saturated heterocycles. The van der Waals surface area contributed by atoms with E-state index < -0.39 is 6.04 Å². The van der Waals surface area contributed by atoms with Gasteiger partial charge in [0.25, 0.3) is 5.91 Å². The first-order valence-electron chi connectivity index (χ1n) is 4.64. The molecule has 0 saturated carbocycles. The lowest BCUT2D eigenvalue weighted by atomic mass is 10.3. The van der Waals surface area contributed by atoms with Gasteiger partial charge in [0.1, 0.15) is 12.6 Å². The summed E-state index contributed by atoms with van der Waals surface area (Å²) in [6, 6.07) is -0.582. The molecule has 3 N–H and O–H groups in total. The molecule has 0 bridgehead atoms. The molecule has 2 amide bonds. The third kappa shape index (κ3) is 4.24. The standard InChI is InChI=1S/C8H15N3O4/c1-14-3-2-9-4-7(12)10-6-5-15-11-8(6)13/h6,9H,2-5H2,1H3,(H,10,12)(H,11,13)/t6-/m1/s1. The van der Waals surface area contributed by atoms with E-state index in [9.17, 15) is 9.59 Å². The van der Waals surface area contributed by atoms with Crippen molar-refractivity contribution in [3.63, 3.8) is 0 Å². The normalized spacial score (nSPS) is 20.1. The number of hydrogen-bond acceptors (Lipinski definition) is 5. The summed E-state index contributed by atoms with van der Waals surface area (Å²) in [5.41, 5.74) is 2.16. The summed E-state index contributed by atoms with van der Waals surface area (Å²) in [4.78, 5) is 26.9.